The quantitative estimate of drug-likeness (QED) is 0.420. The molecule has 16 heavy (non-hydrogen) atoms. The van der Waals surface area contributed by atoms with Crippen molar-refractivity contribution in [3.8, 4) is 11.8 Å². The molecule has 0 aliphatic carbocycles. The molecule has 0 unspecified atom stereocenters. The van der Waals surface area contributed by atoms with Crippen LogP contribution in [0.4, 0.5) is 11.4 Å². The van der Waals surface area contributed by atoms with E-state index < -0.39 is 0 Å². The molecule has 0 spiro atoms. The lowest BCUT2D eigenvalue weighted by Gasteiger charge is -2.04. The van der Waals surface area contributed by atoms with Gasteiger partial charge in [0.2, 0.25) is 0 Å². The third-order valence-electron chi connectivity index (χ3n) is 2.11. The van der Waals surface area contributed by atoms with Gasteiger partial charge in [-0.15, -0.1) is 0 Å². The third kappa shape index (κ3) is 2.92. The van der Waals surface area contributed by atoms with E-state index in [2.05, 4.69) is 16.6 Å². The number of ether oxygens (including phenoxy) is 1. The summed E-state index contributed by atoms with van der Waals surface area (Å²) in [5.41, 5.74) is 14.1. The van der Waals surface area contributed by atoms with Crippen LogP contribution in [0.2, 0.25) is 0 Å². The van der Waals surface area contributed by atoms with E-state index in [0.29, 0.717) is 11.4 Å². The number of methoxy groups -OCH3 is 1. The Morgan fingerprint density at radius 3 is 2.69 bits per heavy atom. The zero-order valence-corrected chi connectivity index (χ0v) is 9.33. The number of hydrogen-bond acceptors (Lipinski definition) is 4. The standard InChI is InChI=1S/C12H14N2O2/c1-8-6-9(7-10(13)12(8)14)4-3-5-11(15)16-2/h6-7H,5,13-14H2,1-2H3. The van der Waals surface area contributed by atoms with Gasteiger partial charge < -0.3 is 16.2 Å². The lowest BCUT2D eigenvalue weighted by molar-refractivity contribution is -0.139. The van der Waals surface area contributed by atoms with E-state index in [1.165, 1.54) is 7.11 Å². The lowest BCUT2D eigenvalue weighted by atomic mass is 10.1. The molecule has 0 heterocycles. The van der Waals surface area contributed by atoms with Gasteiger partial charge in [0, 0.05) is 5.56 Å². The highest BCUT2D eigenvalue weighted by molar-refractivity contribution is 5.73. The molecule has 4 heteroatoms. The minimum Gasteiger partial charge on any atom is -0.468 e. The van der Waals surface area contributed by atoms with E-state index in [-0.39, 0.29) is 12.4 Å². The van der Waals surface area contributed by atoms with Crippen LogP contribution in [0.3, 0.4) is 0 Å². The molecule has 0 aromatic heterocycles. The molecule has 1 aromatic carbocycles. The summed E-state index contributed by atoms with van der Waals surface area (Å²) in [5, 5.41) is 0. The van der Waals surface area contributed by atoms with Gasteiger partial charge in [0.05, 0.1) is 18.5 Å². The normalized spacial score (nSPS) is 9.12. The zero-order chi connectivity index (χ0) is 12.1. The average molecular weight is 218 g/mol. The number of esters is 1. The second kappa shape index (κ2) is 5.08. The predicted molar refractivity (Wildman–Crippen MR) is 63.5 cm³/mol. The van der Waals surface area contributed by atoms with Crippen LogP contribution in [0, 0.1) is 18.8 Å². The molecule has 0 saturated carbocycles. The topological polar surface area (TPSA) is 78.3 Å². The van der Waals surface area contributed by atoms with E-state index in [1.807, 2.05) is 13.0 Å². The molecule has 0 saturated heterocycles. The van der Waals surface area contributed by atoms with Crippen LogP contribution in [0.5, 0.6) is 0 Å². The van der Waals surface area contributed by atoms with E-state index in [0.717, 1.165) is 11.1 Å². The lowest BCUT2D eigenvalue weighted by Crippen LogP contribution is -1.98. The highest BCUT2D eigenvalue weighted by atomic mass is 16.5. The molecule has 0 amide bonds. The largest absolute Gasteiger partial charge is 0.468 e. The molecule has 84 valence electrons. The summed E-state index contributed by atoms with van der Waals surface area (Å²) in [6.45, 7) is 1.86. The molecule has 1 rings (SSSR count). The summed E-state index contributed by atoms with van der Waals surface area (Å²) in [6, 6.07) is 3.52. The second-order valence-corrected chi connectivity index (χ2v) is 3.35. The van der Waals surface area contributed by atoms with Crippen LogP contribution < -0.4 is 11.5 Å². The molecular weight excluding hydrogens is 204 g/mol. The molecule has 0 radical (unpaired) electrons. The molecule has 0 aliphatic rings. The Kier molecular flexibility index (Phi) is 3.78. The maximum absolute atomic E-state index is 10.8. The van der Waals surface area contributed by atoms with Crippen LogP contribution >= 0.6 is 0 Å². The number of rotatable bonds is 1. The van der Waals surface area contributed by atoms with Crippen molar-refractivity contribution in [1.29, 1.82) is 0 Å². The Labute approximate surface area is 94.6 Å². The van der Waals surface area contributed by atoms with Gasteiger partial charge in [-0.25, -0.2) is 0 Å². The number of hydrogen-bond donors (Lipinski definition) is 2. The first-order chi connectivity index (χ1) is 7.54. The smallest absolute Gasteiger partial charge is 0.317 e. The highest BCUT2D eigenvalue weighted by Crippen LogP contribution is 2.20. The minimum absolute atomic E-state index is 0.0693. The van der Waals surface area contributed by atoms with E-state index >= 15 is 0 Å². The van der Waals surface area contributed by atoms with Crippen molar-refractivity contribution in [3.05, 3.63) is 23.3 Å². The Morgan fingerprint density at radius 1 is 1.44 bits per heavy atom. The Balaban J connectivity index is 2.86. The minimum atomic E-state index is -0.354. The summed E-state index contributed by atoms with van der Waals surface area (Å²) in [6.07, 6.45) is 0.0693. The van der Waals surface area contributed by atoms with Crippen LogP contribution in [0.25, 0.3) is 0 Å². The van der Waals surface area contributed by atoms with Gasteiger partial charge in [0.25, 0.3) is 0 Å². The van der Waals surface area contributed by atoms with Crippen molar-refractivity contribution in [1.82, 2.24) is 0 Å². The van der Waals surface area contributed by atoms with Crippen molar-refractivity contribution >= 4 is 17.3 Å². The van der Waals surface area contributed by atoms with E-state index in [9.17, 15) is 4.79 Å². The van der Waals surface area contributed by atoms with Gasteiger partial charge in [-0.2, -0.15) is 0 Å². The maximum atomic E-state index is 10.8. The number of nitrogen functional groups attached to an aromatic ring is 2. The van der Waals surface area contributed by atoms with Crippen LogP contribution in [0.1, 0.15) is 17.5 Å². The molecule has 4 N–H and O–H groups in total. The molecule has 0 atom stereocenters. The number of aryl methyl sites for hydroxylation is 1. The summed E-state index contributed by atoms with van der Waals surface area (Å²) in [4.78, 5) is 10.8. The van der Waals surface area contributed by atoms with E-state index in [4.69, 9.17) is 11.5 Å². The fraction of sp³-hybridized carbons (Fsp3) is 0.250. The Hall–Kier alpha value is -2.15. The third-order valence-corrected chi connectivity index (χ3v) is 2.11. The molecule has 0 bridgehead atoms. The van der Waals surface area contributed by atoms with Gasteiger partial charge in [0.15, 0.2) is 0 Å². The van der Waals surface area contributed by atoms with Crippen molar-refractivity contribution in [2.75, 3.05) is 18.6 Å². The fourth-order valence-electron chi connectivity index (χ4n) is 1.19. The SMILES string of the molecule is COC(=O)CC#Cc1cc(C)c(N)c(N)c1. The van der Waals surface area contributed by atoms with Gasteiger partial charge in [-0.3, -0.25) is 4.79 Å². The summed E-state index contributed by atoms with van der Waals surface area (Å²) >= 11 is 0. The molecule has 4 nitrogen and oxygen atoms in total. The van der Waals surface area contributed by atoms with E-state index in [1.54, 1.807) is 6.07 Å². The average Bonchev–Trinajstić information content (AvgIpc) is 2.25. The first-order valence-corrected chi connectivity index (χ1v) is 4.76. The first kappa shape index (κ1) is 11.9. The molecular formula is C12H14N2O2. The van der Waals surface area contributed by atoms with Crippen molar-refractivity contribution in [2.45, 2.75) is 13.3 Å². The molecule has 1 aromatic rings. The number of carbonyl (C=O) groups excluding carboxylic acids is 1. The number of benzene rings is 1. The molecule has 0 aliphatic heterocycles. The highest BCUT2D eigenvalue weighted by Gasteiger charge is 2.00. The maximum Gasteiger partial charge on any atom is 0.317 e. The van der Waals surface area contributed by atoms with Gasteiger partial charge in [0.1, 0.15) is 6.42 Å². The predicted octanol–water partition coefficient (Wildman–Crippen LogP) is 1.07. The number of anilines is 2. The number of nitrogens with two attached hydrogens (primary N) is 2. The fourth-order valence-corrected chi connectivity index (χ4v) is 1.19. The van der Waals surface area contributed by atoms with Crippen molar-refractivity contribution in [3.63, 3.8) is 0 Å². The Morgan fingerprint density at radius 2 is 2.12 bits per heavy atom. The first-order valence-electron chi connectivity index (χ1n) is 4.76. The number of carbonyl (C=O) groups is 1. The summed E-state index contributed by atoms with van der Waals surface area (Å²) < 4.78 is 4.47. The van der Waals surface area contributed by atoms with Crippen LogP contribution in [-0.2, 0) is 9.53 Å². The monoisotopic (exact) mass is 218 g/mol. The molecule has 0 fully saturated rings. The zero-order valence-electron chi connectivity index (χ0n) is 9.33. The van der Waals surface area contributed by atoms with Crippen molar-refractivity contribution in [2.24, 2.45) is 0 Å². The second-order valence-electron chi connectivity index (χ2n) is 3.35. The Bertz CT molecular complexity index is 447. The van der Waals surface area contributed by atoms with Crippen molar-refractivity contribution < 1.29 is 9.53 Å². The summed E-state index contributed by atoms with van der Waals surface area (Å²) in [7, 11) is 1.33. The van der Waals surface area contributed by atoms with Gasteiger partial charge in [-0.1, -0.05) is 11.8 Å². The van der Waals surface area contributed by atoms with Gasteiger partial charge >= 0.3 is 5.97 Å². The summed E-state index contributed by atoms with van der Waals surface area (Å²) in [5.74, 6) is 5.18. The van der Waals surface area contributed by atoms with Crippen LogP contribution in [-0.4, -0.2) is 13.1 Å². The van der Waals surface area contributed by atoms with Gasteiger partial charge in [-0.05, 0) is 24.6 Å². The van der Waals surface area contributed by atoms with Crippen LogP contribution in [0.15, 0.2) is 12.1 Å².